The Kier molecular flexibility index (Phi) is 7.09. The summed E-state index contributed by atoms with van der Waals surface area (Å²) < 4.78 is 2.19. The number of nitriles is 1. The molecule has 0 radical (unpaired) electrons. The zero-order valence-electron chi connectivity index (χ0n) is 16.8. The number of halogens is 1. The first-order chi connectivity index (χ1) is 15.5. The number of nitrogens with one attached hydrogen (secondary N) is 2. The minimum absolute atomic E-state index is 0.0874. The van der Waals surface area contributed by atoms with Gasteiger partial charge in [0.2, 0.25) is 11.1 Å². The number of hydrogen-bond acceptors (Lipinski definition) is 9. The molecule has 9 nitrogen and oxygen atoms in total. The van der Waals surface area contributed by atoms with Crippen LogP contribution in [0.4, 0.5) is 10.9 Å². The fraction of sp³-hybridized carbons (Fsp3) is 0.250. The Hall–Kier alpha value is -2.88. The lowest BCUT2D eigenvalue weighted by atomic mass is 9.96. The van der Waals surface area contributed by atoms with E-state index < -0.39 is 0 Å². The molecule has 12 heteroatoms. The molecular formula is C20H19BrN8OS2. The number of aryl methyl sites for hydroxylation is 1. The fourth-order valence-electron chi connectivity index (χ4n) is 3.27. The summed E-state index contributed by atoms with van der Waals surface area (Å²) in [5.74, 6) is 6.12. The second-order valence-electron chi connectivity index (χ2n) is 6.96. The van der Waals surface area contributed by atoms with Crippen molar-refractivity contribution in [3.05, 3.63) is 50.3 Å². The molecule has 3 aromatic rings. The van der Waals surface area contributed by atoms with Gasteiger partial charge in [0.25, 0.3) is 5.95 Å². The van der Waals surface area contributed by atoms with Crippen LogP contribution < -0.4 is 16.6 Å². The minimum atomic E-state index is -0.227. The maximum atomic E-state index is 12.5. The Morgan fingerprint density at radius 3 is 3.06 bits per heavy atom. The molecule has 0 fully saturated rings. The van der Waals surface area contributed by atoms with Crippen molar-refractivity contribution >= 4 is 62.1 Å². The molecule has 4 N–H and O–H groups in total. The number of anilines is 2. The van der Waals surface area contributed by atoms with Gasteiger partial charge in [0.1, 0.15) is 11.1 Å². The molecule has 2 heterocycles. The van der Waals surface area contributed by atoms with E-state index in [1.54, 1.807) is 6.21 Å². The highest BCUT2D eigenvalue weighted by Crippen LogP contribution is 2.37. The summed E-state index contributed by atoms with van der Waals surface area (Å²) in [6.07, 6.45) is 5.70. The topological polar surface area (TPSA) is 134 Å². The van der Waals surface area contributed by atoms with Gasteiger partial charge in [0.15, 0.2) is 0 Å². The number of nitrogens with zero attached hydrogens (tertiary/aromatic N) is 5. The number of rotatable bonds is 7. The van der Waals surface area contributed by atoms with Gasteiger partial charge >= 0.3 is 0 Å². The van der Waals surface area contributed by atoms with Crippen molar-refractivity contribution < 1.29 is 4.79 Å². The summed E-state index contributed by atoms with van der Waals surface area (Å²) in [5, 5.41) is 25.5. The van der Waals surface area contributed by atoms with E-state index in [1.807, 2.05) is 24.3 Å². The molecule has 4 rings (SSSR count). The molecule has 0 unspecified atom stereocenters. The van der Waals surface area contributed by atoms with E-state index in [2.05, 4.69) is 48.0 Å². The zero-order valence-corrected chi connectivity index (χ0v) is 20.1. The second-order valence-corrected chi connectivity index (χ2v) is 9.93. The number of hydrogen-bond donors (Lipinski definition) is 3. The van der Waals surface area contributed by atoms with Gasteiger partial charge in [0, 0.05) is 9.35 Å². The number of carbonyl (C=O) groups excluding carboxylic acids is 1. The average Bonchev–Trinajstić information content (AvgIpc) is 3.31. The lowest BCUT2D eigenvalue weighted by Gasteiger charge is -2.09. The van der Waals surface area contributed by atoms with Crippen LogP contribution >= 0.6 is 39.0 Å². The van der Waals surface area contributed by atoms with Crippen molar-refractivity contribution in [3.8, 4) is 6.07 Å². The molecule has 1 aliphatic carbocycles. The number of nitrogen functional groups attached to an aromatic ring is 1. The van der Waals surface area contributed by atoms with Gasteiger partial charge < -0.3 is 11.2 Å². The Balaban J connectivity index is 1.34. The molecule has 32 heavy (non-hydrogen) atoms. The summed E-state index contributed by atoms with van der Waals surface area (Å²) in [5.41, 5.74) is 5.33. The minimum Gasteiger partial charge on any atom is -0.334 e. The fourth-order valence-corrected chi connectivity index (χ4v) is 5.60. The highest BCUT2D eigenvalue weighted by atomic mass is 79.9. The Morgan fingerprint density at radius 2 is 2.25 bits per heavy atom. The zero-order chi connectivity index (χ0) is 22.5. The van der Waals surface area contributed by atoms with Crippen molar-refractivity contribution in [2.45, 2.75) is 30.8 Å². The summed E-state index contributed by atoms with van der Waals surface area (Å²) >= 11 is 6.06. The third-order valence-electron chi connectivity index (χ3n) is 4.76. The van der Waals surface area contributed by atoms with E-state index in [-0.39, 0.29) is 17.6 Å². The number of fused-ring (bicyclic) bond motifs is 1. The van der Waals surface area contributed by atoms with E-state index in [1.165, 1.54) is 20.9 Å². The predicted octanol–water partition coefficient (Wildman–Crippen LogP) is 3.74. The molecule has 0 saturated carbocycles. The molecular weight excluding hydrogens is 512 g/mol. The maximum Gasteiger partial charge on any atom is 0.264 e. The highest BCUT2D eigenvalue weighted by Gasteiger charge is 2.22. The number of amides is 1. The van der Waals surface area contributed by atoms with E-state index in [9.17, 15) is 10.1 Å². The van der Waals surface area contributed by atoms with E-state index in [0.717, 1.165) is 53.0 Å². The van der Waals surface area contributed by atoms with Crippen LogP contribution in [-0.2, 0) is 17.6 Å². The van der Waals surface area contributed by atoms with Crippen molar-refractivity contribution in [1.29, 1.82) is 5.26 Å². The van der Waals surface area contributed by atoms with E-state index in [0.29, 0.717) is 15.7 Å². The molecule has 0 saturated heterocycles. The monoisotopic (exact) mass is 530 g/mol. The number of carbonyl (C=O) groups is 1. The van der Waals surface area contributed by atoms with Crippen LogP contribution in [-0.4, -0.2) is 32.7 Å². The van der Waals surface area contributed by atoms with Crippen LogP contribution in [0, 0.1) is 11.3 Å². The number of thioether (sulfide) groups is 1. The van der Waals surface area contributed by atoms with Gasteiger partial charge in [-0.05, 0) is 48.9 Å². The molecule has 0 atom stereocenters. The van der Waals surface area contributed by atoms with Crippen LogP contribution in [0.3, 0.4) is 0 Å². The molecule has 1 amide bonds. The van der Waals surface area contributed by atoms with Gasteiger partial charge in [-0.25, -0.2) is 10.1 Å². The molecule has 164 valence electrons. The lowest BCUT2D eigenvalue weighted by molar-refractivity contribution is -0.113. The first-order valence-corrected chi connectivity index (χ1v) is 12.4. The number of aromatic nitrogens is 3. The predicted molar refractivity (Wildman–Crippen MR) is 131 cm³/mol. The van der Waals surface area contributed by atoms with Gasteiger partial charge in [-0.2, -0.15) is 10.4 Å². The molecule has 1 aromatic carbocycles. The summed E-state index contributed by atoms with van der Waals surface area (Å²) in [4.78, 5) is 13.7. The number of benzene rings is 1. The third kappa shape index (κ3) is 5.12. The SMILES string of the molecule is N#Cc1c(NC(=O)CSc2nnc(N/N=C/c3cccc(Br)c3)n2N)sc2c1CCCC2. The summed E-state index contributed by atoms with van der Waals surface area (Å²) in [6.45, 7) is 0. The first-order valence-electron chi connectivity index (χ1n) is 9.77. The smallest absolute Gasteiger partial charge is 0.264 e. The second kappa shape index (κ2) is 10.2. The molecule has 0 bridgehead atoms. The van der Waals surface area contributed by atoms with Crippen molar-refractivity contribution in [2.24, 2.45) is 5.10 Å². The van der Waals surface area contributed by atoms with Gasteiger partial charge in [-0.3, -0.25) is 4.79 Å². The van der Waals surface area contributed by atoms with E-state index >= 15 is 0 Å². The van der Waals surface area contributed by atoms with Crippen molar-refractivity contribution in [3.63, 3.8) is 0 Å². The van der Waals surface area contributed by atoms with Gasteiger partial charge in [0.05, 0.1) is 17.5 Å². The van der Waals surface area contributed by atoms with Crippen molar-refractivity contribution in [1.82, 2.24) is 14.9 Å². The highest BCUT2D eigenvalue weighted by molar-refractivity contribution is 9.10. The number of hydrazone groups is 1. The van der Waals surface area contributed by atoms with Crippen molar-refractivity contribution in [2.75, 3.05) is 22.3 Å². The third-order valence-corrected chi connectivity index (χ3v) is 7.40. The maximum absolute atomic E-state index is 12.5. The van der Waals surface area contributed by atoms with E-state index in [4.69, 9.17) is 5.84 Å². The molecule has 0 spiro atoms. The molecule has 1 aliphatic rings. The van der Waals surface area contributed by atoms with Crippen LogP contribution in [0.2, 0.25) is 0 Å². The molecule has 2 aromatic heterocycles. The lowest BCUT2D eigenvalue weighted by Crippen LogP contribution is -2.17. The van der Waals surface area contributed by atoms with Crippen LogP contribution in [0.1, 0.15) is 34.4 Å². The Labute approximate surface area is 201 Å². The standard InChI is InChI=1S/C20H19BrN8OS2/c21-13-5-3-4-12(8-13)10-24-26-19-27-28-20(29(19)23)31-11-17(30)25-18-15(9-22)14-6-1-2-7-16(14)32-18/h3-5,8,10H,1-2,6-7,11,23H2,(H,25,30)(H,26,27)/b24-10+. The van der Waals surface area contributed by atoms with Crippen LogP contribution in [0.15, 0.2) is 39.0 Å². The first kappa shape index (κ1) is 22.3. The van der Waals surface area contributed by atoms with Crippen LogP contribution in [0.25, 0.3) is 0 Å². The summed E-state index contributed by atoms with van der Waals surface area (Å²) in [6, 6.07) is 9.90. The normalized spacial score (nSPS) is 13.0. The quantitative estimate of drug-likeness (QED) is 0.183. The average molecular weight is 531 g/mol. The summed E-state index contributed by atoms with van der Waals surface area (Å²) in [7, 11) is 0. The Morgan fingerprint density at radius 1 is 1.41 bits per heavy atom. The molecule has 0 aliphatic heterocycles. The number of thiophene rings is 1. The Bertz CT molecular complexity index is 1210. The largest absolute Gasteiger partial charge is 0.334 e. The van der Waals surface area contributed by atoms with Crippen LogP contribution in [0.5, 0.6) is 0 Å². The van der Waals surface area contributed by atoms with Gasteiger partial charge in [-0.15, -0.1) is 21.5 Å². The van der Waals surface area contributed by atoms with Gasteiger partial charge in [-0.1, -0.05) is 39.8 Å². The number of nitrogens with two attached hydrogens (primary N) is 1.